The fourth-order valence-corrected chi connectivity index (χ4v) is 4.46. The summed E-state index contributed by atoms with van der Waals surface area (Å²) in [5, 5.41) is 9.82. The number of fused-ring (bicyclic) bond motifs is 1. The molecule has 1 fully saturated rings. The van der Waals surface area contributed by atoms with Crippen molar-refractivity contribution in [2.75, 3.05) is 11.5 Å². The SMILES string of the molecule is O=S1(=O)CCC(c2cn3c(n2)CCCC3O)C1. The monoisotopic (exact) mass is 256 g/mol. The van der Waals surface area contributed by atoms with Gasteiger partial charge < -0.3 is 9.67 Å². The molecule has 0 aromatic carbocycles. The third-order valence-corrected chi connectivity index (χ3v) is 5.43. The Balaban J connectivity index is 1.90. The van der Waals surface area contributed by atoms with Gasteiger partial charge in [-0.25, -0.2) is 13.4 Å². The van der Waals surface area contributed by atoms with Crippen molar-refractivity contribution in [3.05, 3.63) is 17.7 Å². The first kappa shape index (κ1) is 11.2. The van der Waals surface area contributed by atoms with E-state index in [1.54, 1.807) is 4.57 Å². The molecule has 0 saturated carbocycles. The number of aliphatic hydroxyl groups is 1. The minimum atomic E-state index is -2.87. The number of hydrogen-bond acceptors (Lipinski definition) is 4. The molecule has 0 bridgehead atoms. The molecule has 2 aliphatic heterocycles. The lowest BCUT2D eigenvalue weighted by molar-refractivity contribution is 0.0780. The van der Waals surface area contributed by atoms with Gasteiger partial charge in [-0.05, 0) is 19.3 Å². The largest absolute Gasteiger partial charge is 0.373 e. The number of hydrogen-bond donors (Lipinski definition) is 1. The topological polar surface area (TPSA) is 72.2 Å². The van der Waals surface area contributed by atoms with Gasteiger partial charge in [0.1, 0.15) is 12.1 Å². The van der Waals surface area contributed by atoms with Gasteiger partial charge in [-0.3, -0.25) is 0 Å². The Labute approximate surface area is 100 Å². The molecule has 0 aliphatic carbocycles. The molecule has 1 N–H and O–H groups in total. The van der Waals surface area contributed by atoms with E-state index in [9.17, 15) is 13.5 Å². The zero-order valence-electron chi connectivity index (χ0n) is 9.54. The van der Waals surface area contributed by atoms with Crippen LogP contribution in [0.1, 0.15) is 42.9 Å². The van der Waals surface area contributed by atoms with E-state index < -0.39 is 16.1 Å². The van der Waals surface area contributed by atoms with Crippen molar-refractivity contribution in [3.63, 3.8) is 0 Å². The van der Waals surface area contributed by atoms with E-state index in [0.29, 0.717) is 6.42 Å². The summed E-state index contributed by atoms with van der Waals surface area (Å²) < 4.78 is 24.7. The molecule has 1 aromatic rings. The van der Waals surface area contributed by atoms with Crippen molar-refractivity contribution in [2.24, 2.45) is 0 Å². The minimum Gasteiger partial charge on any atom is -0.373 e. The zero-order valence-corrected chi connectivity index (χ0v) is 10.4. The molecule has 1 saturated heterocycles. The van der Waals surface area contributed by atoms with Crippen LogP contribution in [0.15, 0.2) is 6.20 Å². The standard InChI is InChI=1S/C11H16N2O3S/c14-11-3-1-2-10-12-9(6-13(10)11)8-4-5-17(15,16)7-8/h6,8,11,14H,1-5,7H2. The first-order valence-corrected chi connectivity index (χ1v) is 7.83. The first-order chi connectivity index (χ1) is 8.05. The van der Waals surface area contributed by atoms with Gasteiger partial charge in [-0.15, -0.1) is 0 Å². The van der Waals surface area contributed by atoms with Crippen molar-refractivity contribution in [3.8, 4) is 0 Å². The predicted molar refractivity (Wildman–Crippen MR) is 62.4 cm³/mol. The van der Waals surface area contributed by atoms with Crippen molar-refractivity contribution in [1.29, 1.82) is 0 Å². The van der Waals surface area contributed by atoms with Crippen molar-refractivity contribution in [2.45, 2.75) is 37.8 Å². The number of imidazole rings is 1. The Bertz CT molecular complexity index is 535. The summed E-state index contributed by atoms with van der Waals surface area (Å²) >= 11 is 0. The average molecular weight is 256 g/mol. The molecule has 2 aliphatic rings. The third-order valence-electron chi connectivity index (χ3n) is 3.66. The Morgan fingerprint density at radius 1 is 1.41 bits per heavy atom. The second-order valence-electron chi connectivity index (χ2n) is 4.96. The van der Waals surface area contributed by atoms with E-state index in [2.05, 4.69) is 4.98 Å². The van der Waals surface area contributed by atoms with Gasteiger partial charge in [-0.2, -0.15) is 0 Å². The molecule has 2 unspecified atom stereocenters. The van der Waals surface area contributed by atoms with E-state index in [0.717, 1.165) is 30.8 Å². The third kappa shape index (κ3) is 1.99. The molecule has 1 aromatic heterocycles. The lowest BCUT2D eigenvalue weighted by atomic mass is 10.1. The highest BCUT2D eigenvalue weighted by molar-refractivity contribution is 7.91. The van der Waals surface area contributed by atoms with Gasteiger partial charge in [-0.1, -0.05) is 0 Å². The maximum Gasteiger partial charge on any atom is 0.151 e. The molecule has 3 heterocycles. The number of rotatable bonds is 1. The number of aromatic nitrogens is 2. The molecule has 0 spiro atoms. The summed E-state index contributed by atoms with van der Waals surface area (Å²) in [6.07, 6.45) is 4.58. The van der Waals surface area contributed by atoms with Crippen LogP contribution in [-0.2, 0) is 16.3 Å². The van der Waals surface area contributed by atoms with Crippen molar-refractivity contribution >= 4 is 9.84 Å². The summed E-state index contributed by atoms with van der Waals surface area (Å²) in [4.78, 5) is 4.49. The molecule has 5 nitrogen and oxygen atoms in total. The van der Waals surface area contributed by atoms with Crippen LogP contribution in [-0.4, -0.2) is 34.6 Å². The summed E-state index contributed by atoms with van der Waals surface area (Å²) in [6, 6.07) is 0. The molecule has 94 valence electrons. The molecular weight excluding hydrogens is 240 g/mol. The van der Waals surface area contributed by atoms with Crippen LogP contribution in [0.5, 0.6) is 0 Å². The second kappa shape index (κ2) is 3.81. The van der Waals surface area contributed by atoms with Crippen molar-refractivity contribution in [1.82, 2.24) is 9.55 Å². The molecule has 6 heteroatoms. The van der Waals surface area contributed by atoms with Crippen LogP contribution in [0, 0.1) is 0 Å². The molecule has 2 atom stereocenters. The van der Waals surface area contributed by atoms with E-state index in [1.807, 2.05) is 6.20 Å². The smallest absolute Gasteiger partial charge is 0.151 e. The highest BCUT2D eigenvalue weighted by atomic mass is 32.2. The normalized spacial score (nSPS) is 31.4. The summed E-state index contributed by atoms with van der Waals surface area (Å²) in [5.74, 6) is 1.38. The number of aliphatic hydroxyl groups excluding tert-OH is 1. The quantitative estimate of drug-likeness (QED) is 0.799. The van der Waals surface area contributed by atoms with E-state index in [-0.39, 0.29) is 17.4 Å². The van der Waals surface area contributed by atoms with E-state index in [4.69, 9.17) is 0 Å². The Kier molecular flexibility index (Phi) is 2.52. The summed E-state index contributed by atoms with van der Waals surface area (Å²) in [7, 11) is -2.87. The number of nitrogens with zero attached hydrogens (tertiary/aromatic N) is 2. The molecular formula is C11H16N2O3S. The van der Waals surface area contributed by atoms with Gasteiger partial charge in [0.25, 0.3) is 0 Å². The Hall–Kier alpha value is -0.880. The van der Waals surface area contributed by atoms with Gasteiger partial charge in [0.2, 0.25) is 0 Å². The van der Waals surface area contributed by atoms with E-state index in [1.165, 1.54) is 0 Å². The number of sulfone groups is 1. The van der Waals surface area contributed by atoms with Crippen LogP contribution < -0.4 is 0 Å². The molecule has 17 heavy (non-hydrogen) atoms. The van der Waals surface area contributed by atoms with Crippen LogP contribution in [0.3, 0.4) is 0 Å². The zero-order chi connectivity index (χ0) is 12.0. The molecule has 0 radical (unpaired) electrons. The van der Waals surface area contributed by atoms with Gasteiger partial charge in [0.05, 0.1) is 17.2 Å². The van der Waals surface area contributed by atoms with Crippen LogP contribution in [0.2, 0.25) is 0 Å². The Morgan fingerprint density at radius 3 is 2.88 bits per heavy atom. The lowest BCUT2D eigenvalue weighted by Gasteiger charge is -2.19. The summed E-state index contributed by atoms with van der Waals surface area (Å²) in [5.41, 5.74) is 0.835. The molecule has 3 rings (SSSR count). The lowest BCUT2D eigenvalue weighted by Crippen LogP contribution is -2.16. The predicted octanol–water partition coefficient (Wildman–Crippen LogP) is 0.612. The maximum atomic E-state index is 11.4. The molecule has 0 amide bonds. The van der Waals surface area contributed by atoms with Crippen LogP contribution in [0.4, 0.5) is 0 Å². The second-order valence-corrected chi connectivity index (χ2v) is 7.19. The fourth-order valence-electron chi connectivity index (χ4n) is 2.70. The van der Waals surface area contributed by atoms with Crippen molar-refractivity contribution < 1.29 is 13.5 Å². The highest BCUT2D eigenvalue weighted by Crippen LogP contribution is 2.31. The van der Waals surface area contributed by atoms with E-state index >= 15 is 0 Å². The number of aryl methyl sites for hydroxylation is 1. The van der Waals surface area contributed by atoms with Gasteiger partial charge in [0, 0.05) is 18.5 Å². The minimum absolute atomic E-state index is 0.0188. The first-order valence-electron chi connectivity index (χ1n) is 6.01. The van der Waals surface area contributed by atoms with Gasteiger partial charge in [0.15, 0.2) is 9.84 Å². The fraction of sp³-hybridized carbons (Fsp3) is 0.727. The van der Waals surface area contributed by atoms with Crippen LogP contribution in [0.25, 0.3) is 0 Å². The highest BCUT2D eigenvalue weighted by Gasteiger charge is 2.32. The Morgan fingerprint density at radius 2 is 2.24 bits per heavy atom. The van der Waals surface area contributed by atoms with Gasteiger partial charge >= 0.3 is 0 Å². The average Bonchev–Trinajstić information content (AvgIpc) is 2.82. The van der Waals surface area contributed by atoms with Crippen LogP contribution >= 0.6 is 0 Å². The summed E-state index contributed by atoms with van der Waals surface area (Å²) in [6.45, 7) is 0. The maximum absolute atomic E-state index is 11.4.